The molecule has 1 aliphatic heterocycles. The number of hydrogen-bond acceptors (Lipinski definition) is 1. The van der Waals surface area contributed by atoms with Gasteiger partial charge < -0.3 is 5.11 Å². The minimum absolute atomic E-state index is 0.00859. The molecular formula is C44H60OZr. The fraction of sp³-hybridized carbons (Fsp3) is 0.500. The van der Waals surface area contributed by atoms with Gasteiger partial charge in [0, 0.05) is 0 Å². The number of fused-ring (bicyclic) bond motifs is 2. The van der Waals surface area contributed by atoms with Crippen LogP contribution in [0.3, 0.4) is 0 Å². The maximum atomic E-state index is 9.84. The summed E-state index contributed by atoms with van der Waals surface area (Å²) in [5.41, 5.74) is 15.5. The average Bonchev–Trinajstić information content (AvgIpc) is 3.66. The van der Waals surface area contributed by atoms with Crippen LogP contribution in [-0.2, 0) is 31.1 Å². The van der Waals surface area contributed by atoms with E-state index in [-0.39, 0.29) is 10.8 Å². The minimum atomic E-state index is -2.65. The molecule has 3 aliphatic rings. The fourth-order valence-electron chi connectivity index (χ4n) is 9.07. The second-order valence-electron chi connectivity index (χ2n) is 17.3. The van der Waals surface area contributed by atoms with Crippen molar-refractivity contribution in [2.75, 3.05) is 0 Å². The molecule has 1 fully saturated rings. The summed E-state index contributed by atoms with van der Waals surface area (Å²) < 4.78 is 4.62. The Morgan fingerprint density at radius 1 is 0.652 bits per heavy atom. The van der Waals surface area contributed by atoms with Gasteiger partial charge in [-0.2, -0.15) is 0 Å². The van der Waals surface area contributed by atoms with E-state index in [0.717, 1.165) is 12.8 Å². The van der Waals surface area contributed by atoms with Crippen molar-refractivity contribution >= 4 is 12.2 Å². The Hall–Kier alpha value is -2.18. The summed E-state index contributed by atoms with van der Waals surface area (Å²) in [6, 6.07) is 20.4. The standard InChI is InChI=1S/C14H22O.2C13H15.C4H8.Zr/c1-13(2,3)10-7-8-12(15)11(9-10)14(4,5)6;2*1-9(2)12-6-4-5-11-7-10(3)8-13(11)12;1-3-4-2;/h7-9,15H,1-6H3;2*4-9H,1-3H3;1-4H2;. The van der Waals surface area contributed by atoms with E-state index in [2.05, 4.69) is 138 Å². The Balaban J connectivity index is 0.000000235. The van der Waals surface area contributed by atoms with E-state index in [1.54, 1.807) is 58.9 Å². The molecule has 3 aromatic rings. The fourth-order valence-corrected chi connectivity index (χ4v) is 27.0. The Morgan fingerprint density at radius 3 is 1.50 bits per heavy atom. The van der Waals surface area contributed by atoms with Gasteiger partial charge in [0.15, 0.2) is 0 Å². The van der Waals surface area contributed by atoms with Crippen molar-refractivity contribution < 1.29 is 25.4 Å². The van der Waals surface area contributed by atoms with E-state index in [1.807, 2.05) is 6.07 Å². The van der Waals surface area contributed by atoms with Crippen LogP contribution < -0.4 is 0 Å². The summed E-state index contributed by atoms with van der Waals surface area (Å²) in [6.45, 7) is 27.3. The molecule has 2 unspecified atom stereocenters. The third-order valence-electron chi connectivity index (χ3n) is 11.2. The van der Waals surface area contributed by atoms with Gasteiger partial charge in [0.25, 0.3) is 0 Å². The van der Waals surface area contributed by atoms with E-state index >= 15 is 0 Å². The molecule has 2 aliphatic carbocycles. The van der Waals surface area contributed by atoms with E-state index in [0.29, 0.717) is 17.6 Å². The quantitative estimate of drug-likeness (QED) is 0.288. The van der Waals surface area contributed by atoms with Crippen LogP contribution in [0.15, 0.2) is 65.7 Å². The normalized spacial score (nSPS) is 20.3. The third-order valence-corrected chi connectivity index (χ3v) is 27.0. The number of allylic oxidation sites excluding steroid dienone is 2. The molecule has 0 saturated carbocycles. The predicted octanol–water partition coefficient (Wildman–Crippen LogP) is 13.3. The first-order valence-corrected chi connectivity index (χ1v) is 24.2. The van der Waals surface area contributed by atoms with Gasteiger partial charge >= 0.3 is 195 Å². The van der Waals surface area contributed by atoms with E-state index in [1.165, 1.54) is 18.4 Å². The monoisotopic (exact) mass is 694 g/mol. The van der Waals surface area contributed by atoms with Gasteiger partial charge in [0.05, 0.1) is 0 Å². The third kappa shape index (κ3) is 6.47. The van der Waals surface area contributed by atoms with Crippen molar-refractivity contribution in [3.05, 3.63) is 110 Å². The molecule has 6 rings (SSSR count). The summed E-state index contributed by atoms with van der Waals surface area (Å²) in [5, 5.41) is 9.84. The molecule has 2 atom stereocenters. The van der Waals surface area contributed by atoms with Crippen LogP contribution in [-0.4, -0.2) is 5.11 Å². The van der Waals surface area contributed by atoms with Crippen LogP contribution in [0, 0.1) is 0 Å². The maximum absolute atomic E-state index is 9.84. The molecule has 46 heavy (non-hydrogen) atoms. The number of benzene rings is 3. The SMILES string of the molecule is CC(C)(C)c1ccc(O)c(C(C)(C)C)c1.CC1=Cc2c(C(C)C)cccc2[CH]1[Zr]1([CH]2C(C)=Cc3c(C(C)C)cccc32)[CH2]CC[CH2]1. The van der Waals surface area contributed by atoms with Crippen molar-refractivity contribution in [1.82, 2.24) is 0 Å². The molecule has 246 valence electrons. The topological polar surface area (TPSA) is 20.2 Å². The van der Waals surface area contributed by atoms with Crippen molar-refractivity contribution in [2.24, 2.45) is 0 Å². The molecule has 1 saturated heterocycles. The molecule has 1 N–H and O–H groups in total. The molecule has 1 heterocycles. The second kappa shape index (κ2) is 13.0. The van der Waals surface area contributed by atoms with Gasteiger partial charge in [-0.1, -0.05) is 53.7 Å². The van der Waals surface area contributed by atoms with E-state index in [9.17, 15) is 5.11 Å². The number of phenolic OH excluding ortho intramolecular Hbond substituents is 1. The summed E-state index contributed by atoms with van der Waals surface area (Å²) >= 11 is -2.65. The summed E-state index contributed by atoms with van der Waals surface area (Å²) in [4.78, 5) is 0. The average molecular weight is 696 g/mol. The number of hydrogen-bond donors (Lipinski definition) is 1. The zero-order valence-electron chi connectivity index (χ0n) is 30.9. The van der Waals surface area contributed by atoms with Crippen LogP contribution in [0.1, 0.15) is 160 Å². The number of phenols is 1. The first-order chi connectivity index (χ1) is 21.5. The number of rotatable bonds is 4. The van der Waals surface area contributed by atoms with Gasteiger partial charge in [0.2, 0.25) is 0 Å². The van der Waals surface area contributed by atoms with Gasteiger partial charge in [-0.25, -0.2) is 0 Å². The number of aromatic hydroxyl groups is 1. The Morgan fingerprint density at radius 2 is 1.11 bits per heavy atom. The van der Waals surface area contributed by atoms with Gasteiger partial charge in [-0.15, -0.1) is 0 Å². The molecule has 0 aromatic heterocycles. The Labute approximate surface area is 286 Å². The van der Waals surface area contributed by atoms with Crippen LogP contribution >= 0.6 is 0 Å². The first-order valence-electron chi connectivity index (χ1n) is 17.9. The van der Waals surface area contributed by atoms with Gasteiger partial charge in [0.1, 0.15) is 5.75 Å². The second-order valence-corrected chi connectivity index (χ2v) is 28.7. The summed E-state index contributed by atoms with van der Waals surface area (Å²) in [6.07, 6.45) is 8.10. The predicted molar refractivity (Wildman–Crippen MR) is 198 cm³/mol. The van der Waals surface area contributed by atoms with E-state index < -0.39 is 20.3 Å². The van der Waals surface area contributed by atoms with E-state index in [4.69, 9.17) is 0 Å². The zero-order valence-corrected chi connectivity index (χ0v) is 33.4. The zero-order chi connectivity index (χ0) is 33.8. The molecular weight excluding hydrogens is 636 g/mol. The van der Waals surface area contributed by atoms with Crippen molar-refractivity contribution in [2.45, 2.75) is 134 Å². The van der Waals surface area contributed by atoms with Crippen molar-refractivity contribution in [3.8, 4) is 5.75 Å². The molecule has 0 bridgehead atoms. The molecule has 0 radical (unpaired) electrons. The summed E-state index contributed by atoms with van der Waals surface area (Å²) in [7, 11) is 0. The van der Waals surface area contributed by atoms with Crippen LogP contribution in [0.5, 0.6) is 5.75 Å². The Kier molecular flexibility index (Phi) is 9.95. The van der Waals surface area contributed by atoms with Crippen molar-refractivity contribution in [3.63, 3.8) is 0 Å². The van der Waals surface area contributed by atoms with Crippen LogP contribution in [0.4, 0.5) is 0 Å². The van der Waals surface area contributed by atoms with Crippen LogP contribution in [0.25, 0.3) is 12.2 Å². The first kappa shape index (κ1) is 35.1. The summed E-state index contributed by atoms with van der Waals surface area (Å²) in [5.74, 6) is 1.58. The molecule has 3 aromatic carbocycles. The van der Waals surface area contributed by atoms with Gasteiger partial charge in [-0.3, -0.25) is 0 Å². The molecule has 2 heteroatoms. The molecule has 0 amide bonds. The molecule has 0 spiro atoms. The Bertz CT molecular complexity index is 1560. The van der Waals surface area contributed by atoms with Crippen molar-refractivity contribution in [1.29, 1.82) is 0 Å². The molecule has 1 nitrogen and oxygen atoms in total. The van der Waals surface area contributed by atoms with Gasteiger partial charge in [-0.05, 0) is 28.0 Å². The van der Waals surface area contributed by atoms with Crippen LogP contribution in [0.2, 0.25) is 8.26 Å².